The number of aromatic amines is 1. The molecule has 0 radical (unpaired) electrons. The molecule has 0 bridgehead atoms. The van der Waals surface area contributed by atoms with E-state index in [2.05, 4.69) is 24.0 Å². The number of H-pyrrole nitrogens is 1. The van der Waals surface area contributed by atoms with Crippen molar-refractivity contribution >= 4 is 17.2 Å². The van der Waals surface area contributed by atoms with Gasteiger partial charge in [-0.1, -0.05) is 12.1 Å². The van der Waals surface area contributed by atoms with Crippen molar-refractivity contribution in [2.45, 2.75) is 18.9 Å². The largest absolute Gasteiger partial charge is 0.360 e. The molecule has 1 heterocycles. The number of nitrogens with zero attached hydrogens (tertiary/aromatic N) is 1. The summed E-state index contributed by atoms with van der Waals surface area (Å²) in [6, 6.07) is 6.08. The number of hydrogen-bond donors (Lipinski definition) is 2. The molecule has 19 heavy (non-hydrogen) atoms. The molecule has 0 amide bonds. The van der Waals surface area contributed by atoms with Crippen LogP contribution >= 0.6 is 0 Å². The van der Waals surface area contributed by atoms with E-state index >= 15 is 0 Å². The molecule has 1 aromatic carbocycles. The lowest BCUT2D eigenvalue weighted by molar-refractivity contribution is 0.112. The third kappa shape index (κ3) is 3.22. The number of carbonyl (C=O) groups is 1. The molecule has 0 aliphatic heterocycles. The Kier molecular flexibility index (Phi) is 4.35. The smallest absolute Gasteiger partial charge is 0.152 e. The molecule has 0 fully saturated rings. The van der Waals surface area contributed by atoms with E-state index < -0.39 is 0 Å². The molecule has 102 valence electrons. The van der Waals surface area contributed by atoms with Crippen molar-refractivity contribution in [3.8, 4) is 0 Å². The highest BCUT2D eigenvalue weighted by molar-refractivity contribution is 5.97. The van der Waals surface area contributed by atoms with Crippen molar-refractivity contribution in [1.29, 1.82) is 0 Å². The van der Waals surface area contributed by atoms with Gasteiger partial charge in [-0.3, -0.25) is 4.79 Å². The zero-order valence-corrected chi connectivity index (χ0v) is 11.5. The van der Waals surface area contributed by atoms with E-state index in [0.717, 1.165) is 42.1 Å². The van der Waals surface area contributed by atoms with Crippen LogP contribution < -0.4 is 5.73 Å². The highest BCUT2D eigenvalue weighted by Crippen LogP contribution is 2.23. The van der Waals surface area contributed by atoms with Crippen LogP contribution in [-0.4, -0.2) is 36.8 Å². The molecule has 2 rings (SSSR count). The molecule has 0 spiro atoms. The molecule has 1 atom stereocenters. The van der Waals surface area contributed by atoms with E-state index in [1.807, 2.05) is 18.2 Å². The fraction of sp³-hybridized carbons (Fsp3) is 0.400. The Morgan fingerprint density at radius 2 is 2.21 bits per heavy atom. The SMILES string of the molecule is CN(C)CCCC(N)c1ccc2c(C=O)c[nH]c2c1. The van der Waals surface area contributed by atoms with E-state index in [-0.39, 0.29) is 6.04 Å². The molecule has 0 saturated heterocycles. The Morgan fingerprint density at radius 3 is 2.89 bits per heavy atom. The average Bonchev–Trinajstić information content (AvgIpc) is 2.80. The third-order valence-corrected chi connectivity index (χ3v) is 3.41. The summed E-state index contributed by atoms with van der Waals surface area (Å²) in [5.41, 5.74) is 9.00. The molecule has 4 nitrogen and oxygen atoms in total. The molecule has 3 N–H and O–H groups in total. The quantitative estimate of drug-likeness (QED) is 0.783. The highest BCUT2D eigenvalue weighted by Gasteiger charge is 2.09. The summed E-state index contributed by atoms with van der Waals surface area (Å²) in [7, 11) is 4.13. The second-order valence-corrected chi connectivity index (χ2v) is 5.22. The maximum absolute atomic E-state index is 10.9. The van der Waals surface area contributed by atoms with Crippen LogP contribution in [0, 0.1) is 0 Å². The molecule has 0 saturated carbocycles. The van der Waals surface area contributed by atoms with Gasteiger partial charge in [-0.25, -0.2) is 0 Å². The van der Waals surface area contributed by atoms with Gasteiger partial charge in [-0.15, -0.1) is 0 Å². The summed E-state index contributed by atoms with van der Waals surface area (Å²) in [6.45, 7) is 1.05. The minimum absolute atomic E-state index is 0.0485. The summed E-state index contributed by atoms with van der Waals surface area (Å²) < 4.78 is 0. The number of hydrogen-bond acceptors (Lipinski definition) is 3. The van der Waals surface area contributed by atoms with Gasteiger partial charge in [0.05, 0.1) is 0 Å². The lowest BCUT2D eigenvalue weighted by Crippen LogP contribution is -2.16. The van der Waals surface area contributed by atoms with Crippen molar-refractivity contribution < 1.29 is 4.79 Å². The van der Waals surface area contributed by atoms with Gasteiger partial charge in [0, 0.05) is 28.7 Å². The molecular weight excluding hydrogens is 238 g/mol. The van der Waals surface area contributed by atoms with Gasteiger partial charge >= 0.3 is 0 Å². The Bertz CT molecular complexity index is 560. The maximum Gasteiger partial charge on any atom is 0.152 e. The molecule has 2 aromatic rings. The predicted octanol–water partition coefficient (Wildman–Crippen LogP) is 2.32. The molecule has 0 aliphatic carbocycles. The van der Waals surface area contributed by atoms with Gasteiger partial charge < -0.3 is 15.6 Å². The standard InChI is InChI=1S/C15H21N3O/c1-18(2)7-3-4-14(16)11-5-6-13-12(10-19)9-17-15(13)8-11/h5-6,8-10,14,17H,3-4,7,16H2,1-2H3. The lowest BCUT2D eigenvalue weighted by Gasteiger charge is -2.14. The molecule has 0 aliphatic rings. The molecule has 1 aromatic heterocycles. The Hall–Kier alpha value is -1.65. The fourth-order valence-corrected chi connectivity index (χ4v) is 2.29. The van der Waals surface area contributed by atoms with Gasteiger partial charge in [-0.05, 0) is 45.1 Å². The van der Waals surface area contributed by atoms with Crippen LogP contribution in [0.25, 0.3) is 10.9 Å². The number of fused-ring (bicyclic) bond motifs is 1. The first-order chi connectivity index (χ1) is 9.11. The third-order valence-electron chi connectivity index (χ3n) is 3.41. The van der Waals surface area contributed by atoms with Crippen molar-refractivity contribution in [3.05, 3.63) is 35.5 Å². The van der Waals surface area contributed by atoms with Crippen LogP contribution in [-0.2, 0) is 0 Å². The normalized spacial score (nSPS) is 13.1. The second kappa shape index (κ2) is 5.99. The van der Waals surface area contributed by atoms with Crippen molar-refractivity contribution in [2.75, 3.05) is 20.6 Å². The average molecular weight is 259 g/mol. The summed E-state index contributed by atoms with van der Waals surface area (Å²) >= 11 is 0. The van der Waals surface area contributed by atoms with Crippen LogP contribution in [0.5, 0.6) is 0 Å². The topological polar surface area (TPSA) is 62.1 Å². The van der Waals surface area contributed by atoms with Crippen molar-refractivity contribution in [1.82, 2.24) is 9.88 Å². The summed E-state index contributed by atoms with van der Waals surface area (Å²) in [5, 5.41) is 0.958. The first kappa shape index (κ1) is 13.8. The summed E-state index contributed by atoms with van der Waals surface area (Å²) in [5.74, 6) is 0. The van der Waals surface area contributed by atoms with Gasteiger partial charge in [0.25, 0.3) is 0 Å². The highest BCUT2D eigenvalue weighted by atomic mass is 16.1. The van der Waals surface area contributed by atoms with E-state index in [1.165, 1.54) is 0 Å². The van der Waals surface area contributed by atoms with Crippen LogP contribution in [0.1, 0.15) is 34.8 Å². The monoisotopic (exact) mass is 259 g/mol. The van der Waals surface area contributed by atoms with Crippen molar-refractivity contribution in [3.63, 3.8) is 0 Å². The maximum atomic E-state index is 10.9. The van der Waals surface area contributed by atoms with E-state index in [4.69, 9.17) is 5.73 Å². The number of aromatic nitrogens is 1. The molecular formula is C15H21N3O. The fourth-order valence-electron chi connectivity index (χ4n) is 2.29. The van der Waals surface area contributed by atoms with E-state index in [1.54, 1.807) is 6.20 Å². The lowest BCUT2D eigenvalue weighted by atomic mass is 10.0. The summed E-state index contributed by atoms with van der Waals surface area (Å²) in [6.07, 6.45) is 4.65. The minimum atomic E-state index is 0.0485. The first-order valence-electron chi connectivity index (χ1n) is 6.58. The van der Waals surface area contributed by atoms with Crippen LogP contribution in [0.4, 0.5) is 0 Å². The van der Waals surface area contributed by atoms with Crippen molar-refractivity contribution in [2.24, 2.45) is 5.73 Å². The Labute approximate surface area is 113 Å². The number of nitrogens with one attached hydrogen (secondary N) is 1. The predicted molar refractivity (Wildman–Crippen MR) is 78.4 cm³/mol. The van der Waals surface area contributed by atoms with Gasteiger partial charge in [0.1, 0.15) is 0 Å². The van der Waals surface area contributed by atoms with Gasteiger partial charge in [0.15, 0.2) is 6.29 Å². The number of aldehydes is 1. The second-order valence-electron chi connectivity index (χ2n) is 5.22. The first-order valence-corrected chi connectivity index (χ1v) is 6.58. The zero-order valence-electron chi connectivity index (χ0n) is 11.5. The van der Waals surface area contributed by atoms with E-state index in [9.17, 15) is 4.79 Å². The minimum Gasteiger partial charge on any atom is -0.360 e. The van der Waals surface area contributed by atoms with Crippen LogP contribution in [0.15, 0.2) is 24.4 Å². The Morgan fingerprint density at radius 1 is 1.42 bits per heavy atom. The van der Waals surface area contributed by atoms with Gasteiger partial charge in [0.2, 0.25) is 0 Å². The summed E-state index contributed by atoms with van der Waals surface area (Å²) in [4.78, 5) is 16.1. The van der Waals surface area contributed by atoms with Gasteiger partial charge in [-0.2, -0.15) is 0 Å². The number of rotatable bonds is 6. The van der Waals surface area contributed by atoms with Crippen LogP contribution in [0.3, 0.4) is 0 Å². The van der Waals surface area contributed by atoms with E-state index in [0.29, 0.717) is 5.56 Å². The number of benzene rings is 1. The van der Waals surface area contributed by atoms with Crippen LogP contribution in [0.2, 0.25) is 0 Å². The zero-order chi connectivity index (χ0) is 13.8. The molecule has 4 heteroatoms. The number of carbonyl (C=O) groups excluding carboxylic acids is 1. The number of nitrogens with two attached hydrogens (primary N) is 1. The molecule has 1 unspecified atom stereocenters. The Balaban J connectivity index is 2.10.